The summed E-state index contributed by atoms with van der Waals surface area (Å²) in [5, 5.41) is 3.92. The molecule has 0 spiro atoms. The zero-order valence-electron chi connectivity index (χ0n) is 25.2. The summed E-state index contributed by atoms with van der Waals surface area (Å²) in [6.07, 6.45) is 0.816. The Morgan fingerprint density at radius 1 is 0.848 bits per heavy atom. The number of nitrogens with zero attached hydrogens (tertiary/aromatic N) is 2. The van der Waals surface area contributed by atoms with Gasteiger partial charge in [0.05, 0.1) is 18.2 Å². The lowest BCUT2D eigenvalue weighted by Gasteiger charge is -2.27. The molecule has 2 atom stereocenters. The first-order valence-corrected chi connectivity index (χ1v) is 15.0. The Morgan fingerprint density at radius 2 is 1.43 bits per heavy atom. The quantitative estimate of drug-likeness (QED) is 0.128. The van der Waals surface area contributed by atoms with Gasteiger partial charge in [-0.05, 0) is 35.2 Å². The van der Waals surface area contributed by atoms with Crippen LogP contribution in [-0.4, -0.2) is 55.0 Å². The van der Waals surface area contributed by atoms with Crippen molar-refractivity contribution in [2.75, 3.05) is 24.6 Å². The monoisotopic (exact) mass is 621 g/mol. The minimum absolute atomic E-state index is 0.0563. The van der Waals surface area contributed by atoms with Crippen LogP contribution in [0.1, 0.15) is 16.7 Å². The van der Waals surface area contributed by atoms with Gasteiger partial charge in [0, 0.05) is 0 Å². The van der Waals surface area contributed by atoms with Gasteiger partial charge in [-0.3, -0.25) is 28.9 Å². The van der Waals surface area contributed by atoms with Crippen LogP contribution in [0.15, 0.2) is 115 Å². The average Bonchev–Trinajstić information content (AvgIpc) is 3.22. The number of hydrogen-bond acceptors (Lipinski definition) is 7. The number of para-hydroxylation sites is 2. The maximum Gasteiger partial charge on any atom is 0.326 e. The van der Waals surface area contributed by atoms with Crippen LogP contribution < -0.4 is 15.0 Å². The summed E-state index contributed by atoms with van der Waals surface area (Å²) in [6, 6.07) is 33.7. The SMILES string of the molecule is O=CN(CC(Cc1ccccc1)C(=O)N[C@H]1COc2ccccc2N(CC(=O)OCc2ccccc2)C1=O)OCc1ccccc1. The molecule has 4 aromatic rings. The van der Waals surface area contributed by atoms with Gasteiger partial charge in [-0.15, -0.1) is 0 Å². The summed E-state index contributed by atoms with van der Waals surface area (Å²) in [6.45, 7) is -0.396. The molecule has 10 heteroatoms. The molecule has 1 heterocycles. The third-order valence-corrected chi connectivity index (χ3v) is 7.43. The Hall–Kier alpha value is -5.48. The number of amides is 3. The van der Waals surface area contributed by atoms with Crippen LogP contribution in [0, 0.1) is 5.92 Å². The van der Waals surface area contributed by atoms with Crippen molar-refractivity contribution < 1.29 is 33.5 Å². The first-order chi connectivity index (χ1) is 22.5. The van der Waals surface area contributed by atoms with E-state index in [1.165, 1.54) is 4.90 Å². The van der Waals surface area contributed by atoms with Crippen molar-refractivity contribution >= 4 is 29.9 Å². The number of rotatable bonds is 14. The second-order valence-electron chi connectivity index (χ2n) is 10.8. The third kappa shape index (κ3) is 8.80. The molecule has 236 valence electrons. The highest BCUT2D eigenvalue weighted by atomic mass is 16.7. The topological polar surface area (TPSA) is 114 Å². The fourth-order valence-electron chi connectivity index (χ4n) is 5.04. The van der Waals surface area contributed by atoms with E-state index in [9.17, 15) is 19.2 Å². The van der Waals surface area contributed by atoms with Crippen molar-refractivity contribution in [3.63, 3.8) is 0 Å². The van der Waals surface area contributed by atoms with Crippen molar-refractivity contribution in [3.05, 3.63) is 132 Å². The smallest absolute Gasteiger partial charge is 0.326 e. The number of fused-ring (bicyclic) bond motifs is 1. The van der Waals surface area contributed by atoms with Gasteiger partial charge in [0.2, 0.25) is 12.3 Å². The second-order valence-corrected chi connectivity index (χ2v) is 10.8. The van der Waals surface area contributed by atoms with Crippen LogP contribution in [0.4, 0.5) is 5.69 Å². The van der Waals surface area contributed by atoms with E-state index < -0.39 is 29.7 Å². The molecule has 0 aliphatic carbocycles. The number of nitrogens with one attached hydrogen (secondary N) is 1. The van der Waals surface area contributed by atoms with Gasteiger partial charge in [0.25, 0.3) is 5.91 Å². The zero-order valence-corrected chi connectivity index (χ0v) is 25.2. The van der Waals surface area contributed by atoms with Crippen molar-refractivity contribution in [1.29, 1.82) is 0 Å². The van der Waals surface area contributed by atoms with Gasteiger partial charge in [0.15, 0.2) is 0 Å². The molecule has 0 radical (unpaired) electrons. The highest BCUT2D eigenvalue weighted by molar-refractivity contribution is 6.04. The molecule has 1 aliphatic heterocycles. The number of benzene rings is 4. The number of ether oxygens (including phenoxy) is 2. The Bertz CT molecular complexity index is 1600. The summed E-state index contributed by atoms with van der Waals surface area (Å²) in [5.74, 6) is -1.99. The molecule has 0 saturated carbocycles. The van der Waals surface area contributed by atoms with Crippen molar-refractivity contribution in [3.8, 4) is 5.75 Å². The van der Waals surface area contributed by atoms with E-state index in [-0.39, 0.29) is 39.3 Å². The molecular formula is C36H35N3O7. The van der Waals surface area contributed by atoms with Gasteiger partial charge >= 0.3 is 5.97 Å². The van der Waals surface area contributed by atoms with E-state index >= 15 is 0 Å². The normalized spacial score (nSPS) is 14.7. The van der Waals surface area contributed by atoms with Crippen LogP contribution in [-0.2, 0) is 48.4 Å². The molecule has 0 fully saturated rings. The summed E-state index contributed by atoms with van der Waals surface area (Å²) in [7, 11) is 0. The van der Waals surface area contributed by atoms with Crippen molar-refractivity contribution in [1.82, 2.24) is 10.4 Å². The van der Waals surface area contributed by atoms with E-state index in [1.54, 1.807) is 24.3 Å². The predicted molar refractivity (Wildman–Crippen MR) is 170 cm³/mol. The molecule has 3 amide bonds. The molecule has 5 rings (SSSR count). The maximum atomic E-state index is 13.9. The lowest BCUT2D eigenvalue weighted by atomic mass is 9.97. The second kappa shape index (κ2) is 16.0. The van der Waals surface area contributed by atoms with Crippen LogP contribution >= 0.6 is 0 Å². The minimum Gasteiger partial charge on any atom is -0.489 e. The summed E-state index contributed by atoms with van der Waals surface area (Å²) in [4.78, 5) is 59.6. The van der Waals surface area contributed by atoms with E-state index in [1.807, 2.05) is 91.0 Å². The molecule has 1 unspecified atom stereocenters. The number of carbonyl (C=O) groups excluding carboxylic acids is 4. The fraction of sp³-hybridized carbons (Fsp3) is 0.222. The summed E-state index contributed by atoms with van der Waals surface area (Å²) < 4.78 is 11.4. The van der Waals surface area contributed by atoms with Crippen LogP contribution in [0.5, 0.6) is 5.75 Å². The first kappa shape index (κ1) is 31.9. The molecule has 4 aromatic carbocycles. The fourth-order valence-corrected chi connectivity index (χ4v) is 5.04. The third-order valence-electron chi connectivity index (χ3n) is 7.43. The van der Waals surface area contributed by atoms with Gasteiger partial charge in [-0.25, -0.2) is 5.06 Å². The largest absolute Gasteiger partial charge is 0.489 e. The average molecular weight is 622 g/mol. The van der Waals surface area contributed by atoms with Gasteiger partial charge in [-0.1, -0.05) is 103 Å². The molecule has 1 aliphatic rings. The Balaban J connectivity index is 1.30. The predicted octanol–water partition coefficient (Wildman–Crippen LogP) is 4.09. The molecule has 0 aromatic heterocycles. The number of anilines is 1. The maximum absolute atomic E-state index is 13.9. The Morgan fingerprint density at radius 3 is 2.09 bits per heavy atom. The number of hydrogen-bond donors (Lipinski definition) is 1. The molecule has 0 saturated heterocycles. The number of esters is 1. The van der Waals surface area contributed by atoms with E-state index in [0.717, 1.165) is 21.8 Å². The van der Waals surface area contributed by atoms with E-state index in [4.69, 9.17) is 14.3 Å². The van der Waals surface area contributed by atoms with Crippen molar-refractivity contribution in [2.45, 2.75) is 25.7 Å². The van der Waals surface area contributed by atoms with Crippen LogP contribution in [0.25, 0.3) is 0 Å². The highest BCUT2D eigenvalue weighted by Crippen LogP contribution is 2.31. The number of carbonyl (C=O) groups is 4. The number of hydroxylamine groups is 2. The van der Waals surface area contributed by atoms with Gasteiger partial charge < -0.3 is 14.8 Å². The first-order valence-electron chi connectivity index (χ1n) is 15.0. The molecule has 1 N–H and O–H groups in total. The standard InChI is InChI=1S/C36H35N3O7/c40-26-38(46-24-29-16-8-3-9-17-29)21-30(20-27-12-4-1-5-13-27)35(42)37-31-25-44-33-19-11-10-18-32(33)39(36(31)43)22-34(41)45-23-28-14-6-2-7-15-28/h1-19,26,30-31H,20-25H2,(H,37,42)/t30?,31-/m0/s1. The minimum atomic E-state index is -1.12. The van der Waals surface area contributed by atoms with Gasteiger partial charge in [-0.2, -0.15) is 0 Å². The van der Waals surface area contributed by atoms with Crippen molar-refractivity contribution in [2.24, 2.45) is 5.92 Å². The highest BCUT2D eigenvalue weighted by Gasteiger charge is 2.35. The Labute approximate surface area is 267 Å². The van der Waals surface area contributed by atoms with E-state index in [0.29, 0.717) is 17.8 Å². The molecular weight excluding hydrogens is 586 g/mol. The van der Waals surface area contributed by atoms with Crippen LogP contribution in [0.3, 0.4) is 0 Å². The van der Waals surface area contributed by atoms with E-state index in [2.05, 4.69) is 5.32 Å². The van der Waals surface area contributed by atoms with Crippen LogP contribution in [0.2, 0.25) is 0 Å². The molecule has 46 heavy (non-hydrogen) atoms. The summed E-state index contributed by atoms with van der Waals surface area (Å²) in [5.41, 5.74) is 2.94. The lowest BCUT2D eigenvalue weighted by Crippen LogP contribution is -2.54. The van der Waals surface area contributed by atoms with Gasteiger partial charge in [0.1, 0.15) is 38.2 Å². The Kier molecular flexibility index (Phi) is 11.1. The molecule has 10 nitrogen and oxygen atoms in total. The lowest BCUT2D eigenvalue weighted by molar-refractivity contribution is -0.182. The zero-order chi connectivity index (χ0) is 32.1. The summed E-state index contributed by atoms with van der Waals surface area (Å²) >= 11 is 0. The molecule has 0 bridgehead atoms.